The summed E-state index contributed by atoms with van der Waals surface area (Å²) in [4.78, 5) is 33.2. The third-order valence-corrected chi connectivity index (χ3v) is 2.52. The molecule has 0 aliphatic heterocycles. The van der Waals surface area contributed by atoms with E-state index in [-0.39, 0.29) is 19.3 Å². The lowest BCUT2D eigenvalue weighted by atomic mass is 10.1. The van der Waals surface area contributed by atoms with E-state index in [0.29, 0.717) is 0 Å². The first-order chi connectivity index (χ1) is 11.0. The van der Waals surface area contributed by atoms with E-state index in [1.807, 2.05) is 6.07 Å². The minimum atomic E-state index is -4.67. The minimum absolute atomic E-state index is 0.00873. The van der Waals surface area contributed by atoms with Gasteiger partial charge in [0.15, 0.2) is 0 Å². The van der Waals surface area contributed by atoms with Crippen LogP contribution in [-0.4, -0.2) is 46.5 Å². The van der Waals surface area contributed by atoms with Crippen molar-refractivity contribution in [1.29, 1.82) is 0 Å². The molecule has 0 bridgehead atoms. The van der Waals surface area contributed by atoms with Crippen LogP contribution in [0, 0.1) is 0 Å². The van der Waals surface area contributed by atoms with Gasteiger partial charge < -0.3 is 16.2 Å². The Balaban J connectivity index is 0.000000922. The van der Waals surface area contributed by atoms with Crippen LogP contribution >= 0.6 is 0 Å². The highest BCUT2D eigenvalue weighted by Gasteiger charge is 2.20. The van der Waals surface area contributed by atoms with Gasteiger partial charge in [-0.3, -0.25) is 18.7 Å². The van der Waals surface area contributed by atoms with Gasteiger partial charge >= 0.3 is 16.4 Å². The summed E-state index contributed by atoms with van der Waals surface area (Å²) in [5.41, 5.74) is 5.74. The minimum Gasteiger partial charge on any atom is -0.480 e. The maximum Gasteiger partial charge on any atom is 0.394 e. The highest BCUT2D eigenvalue weighted by molar-refractivity contribution is 7.79. The summed E-state index contributed by atoms with van der Waals surface area (Å²) in [7, 11) is -4.67. The van der Waals surface area contributed by atoms with Crippen molar-refractivity contribution >= 4 is 28.2 Å². The SMILES string of the molecule is NC(=O)CC[C@H](NC(=O)Cc1ccccc1)C(=O)O.O=S(=O)(O)O. The fraction of sp³-hybridized carbons (Fsp3) is 0.308. The first-order valence-electron chi connectivity index (χ1n) is 6.53. The molecule has 1 aromatic rings. The third-order valence-electron chi connectivity index (χ3n) is 2.52. The number of carbonyl (C=O) groups is 3. The van der Waals surface area contributed by atoms with Crippen LogP contribution in [-0.2, 0) is 31.2 Å². The average Bonchev–Trinajstić information content (AvgIpc) is 2.42. The van der Waals surface area contributed by atoms with Crippen molar-refractivity contribution in [2.45, 2.75) is 25.3 Å². The number of benzene rings is 1. The molecule has 0 aliphatic rings. The molecule has 24 heavy (non-hydrogen) atoms. The molecule has 1 rings (SSSR count). The normalized spacial score (nSPS) is 11.6. The Labute approximate surface area is 138 Å². The number of hydrogen-bond acceptors (Lipinski definition) is 5. The molecule has 6 N–H and O–H groups in total. The van der Waals surface area contributed by atoms with Crippen LogP contribution < -0.4 is 11.1 Å². The monoisotopic (exact) mass is 362 g/mol. The Morgan fingerprint density at radius 1 is 1.12 bits per heavy atom. The summed E-state index contributed by atoms with van der Waals surface area (Å²) in [6.45, 7) is 0. The van der Waals surface area contributed by atoms with Crippen molar-refractivity contribution in [3.8, 4) is 0 Å². The second-order valence-electron chi connectivity index (χ2n) is 4.57. The molecule has 10 nitrogen and oxygen atoms in total. The number of carboxylic acids is 1. The maximum absolute atomic E-state index is 11.7. The Morgan fingerprint density at radius 2 is 1.62 bits per heavy atom. The zero-order valence-electron chi connectivity index (χ0n) is 12.5. The van der Waals surface area contributed by atoms with Gasteiger partial charge in [0.05, 0.1) is 6.42 Å². The smallest absolute Gasteiger partial charge is 0.394 e. The van der Waals surface area contributed by atoms with Gasteiger partial charge in [0.2, 0.25) is 11.8 Å². The van der Waals surface area contributed by atoms with E-state index in [4.69, 9.17) is 28.4 Å². The second kappa shape index (κ2) is 10.3. The van der Waals surface area contributed by atoms with Gasteiger partial charge in [0, 0.05) is 6.42 Å². The zero-order chi connectivity index (χ0) is 18.8. The quantitative estimate of drug-likeness (QED) is 0.398. The molecule has 0 saturated heterocycles. The third kappa shape index (κ3) is 13.2. The van der Waals surface area contributed by atoms with Gasteiger partial charge in [0.25, 0.3) is 0 Å². The van der Waals surface area contributed by atoms with Crippen LogP contribution in [0.1, 0.15) is 18.4 Å². The van der Waals surface area contributed by atoms with Crippen molar-refractivity contribution < 1.29 is 37.0 Å². The standard InChI is InChI=1S/C13H16N2O4.H2O4S/c14-11(16)7-6-10(13(18)19)15-12(17)8-9-4-2-1-3-5-9;1-5(2,3)4/h1-5,10H,6-8H2,(H2,14,16)(H,15,17)(H,18,19);(H2,1,2,3,4)/t10-;/m0./s1. The van der Waals surface area contributed by atoms with Gasteiger partial charge in [-0.15, -0.1) is 0 Å². The number of hydrogen-bond donors (Lipinski definition) is 5. The molecule has 0 aliphatic carbocycles. The molecule has 1 atom stereocenters. The first kappa shape index (κ1) is 21.5. The molecule has 0 saturated carbocycles. The molecule has 2 amide bonds. The zero-order valence-corrected chi connectivity index (χ0v) is 13.3. The summed E-state index contributed by atoms with van der Waals surface area (Å²) >= 11 is 0. The molecule has 0 radical (unpaired) electrons. The topological polar surface area (TPSA) is 184 Å². The predicted molar refractivity (Wildman–Crippen MR) is 82.3 cm³/mol. The maximum atomic E-state index is 11.7. The number of carboxylic acid groups (broad SMARTS) is 1. The van der Waals surface area contributed by atoms with Gasteiger partial charge in [-0.05, 0) is 12.0 Å². The summed E-state index contributed by atoms with van der Waals surface area (Å²) in [6, 6.07) is 7.88. The molecule has 0 unspecified atom stereocenters. The fourth-order valence-corrected chi connectivity index (χ4v) is 1.57. The van der Waals surface area contributed by atoms with Gasteiger partial charge in [0.1, 0.15) is 6.04 Å². The van der Waals surface area contributed by atoms with Crippen LogP contribution in [0.5, 0.6) is 0 Å². The van der Waals surface area contributed by atoms with Crippen molar-refractivity contribution in [2.75, 3.05) is 0 Å². The molecule has 134 valence electrons. The van der Waals surface area contributed by atoms with Crippen molar-refractivity contribution in [1.82, 2.24) is 5.32 Å². The molecular weight excluding hydrogens is 344 g/mol. The number of aliphatic carboxylic acids is 1. The molecule has 0 fully saturated rings. The summed E-state index contributed by atoms with van der Waals surface area (Å²) in [5.74, 6) is -2.17. The van der Waals surface area contributed by atoms with Crippen molar-refractivity contribution in [3.63, 3.8) is 0 Å². The van der Waals surface area contributed by atoms with Crippen LogP contribution in [0.3, 0.4) is 0 Å². The molecule has 1 aromatic carbocycles. The largest absolute Gasteiger partial charge is 0.480 e. The van der Waals surface area contributed by atoms with Gasteiger partial charge in [-0.25, -0.2) is 4.79 Å². The fourth-order valence-electron chi connectivity index (χ4n) is 1.57. The molecular formula is C13H18N2O8S. The molecule has 0 aromatic heterocycles. The average molecular weight is 362 g/mol. The van der Waals surface area contributed by atoms with Crippen LogP contribution in [0.2, 0.25) is 0 Å². The van der Waals surface area contributed by atoms with E-state index < -0.39 is 34.2 Å². The lowest BCUT2D eigenvalue weighted by Crippen LogP contribution is -2.42. The van der Waals surface area contributed by atoms with Crippen LogP contribution in [0.4, 0.5) is 0 Å². The van der Waals surface area contributed by atoms with E-state index in [0.717, 1.165) is 5.56 Å². The van der Waals surface area contributed by atoms with Crippen molar-refractivity contribution in [3.05, 3.63) is 35.9 Å². The van der Waals surface area contributed by atoms with E-state index in [9.17, 15) is 14.4 Å². The van der Waals surface area contributed by atoms with E-state index in [1.54, 1.807) is 24.3 Å². The highest BCUT2D eigenvalue weighted by Crippen LogP contribution is 2.02. The van der Waals surface area contributed by atoms with Gasteiger partial charge in [-0.1, -0.05) is 30.3 Å². The summed E-state index contributed by atoms with van der Waals surface area (Å²) in [6.07, 6.45) is 0.00890. The lowest BCUT2D eigenvalue weighted by molar-refractivity contribution is -0.142. The molecule has 0 heterocycles. The van der Waals surface area contributed by atoms with Crippen LogP contribution in [0.15, 0.2) is 30.3 Å². The summed E-state index contributed by atoms with van der Waals surface area (Å²) < 4.78 is 31.6. The number of rotatable bonds is 7. The van der Waals surface area contributed by atoms with Crippen LogP contribution in [0.25, 0.3) is 0 Å². The Bertz CT molecular complexity index is 652. The van der Waals surface area contributed by atoms with E-state index in [1.165, 1.54) is 0 Å². The van der Waals surface area contributed by atoms with E-state index in [2.05, 4.69) is 5.32 Å². The number of primary amides is 1. The number of carbonyl (C=O) groups excluding carboxylic acids is 2. The Hall–Kier alpha value is -2.50. The van der Waals surface area contributed by atoms with E-state index >= 15 is 0 Å². The van der Waals surface area contributed by atoms with Crippen molar-refractivity contribution in [2.24, 2.45) is 5.73 Å². The Kier molecular flexibility index (Phi) is 9.23. The first-order valence-corrected chi connectivity index (χ1v) is 7.93. The number of amides is 2. The molecule has 0 spiro atoms. The number of nitrogens with two attached hydrogens (primary N) is 1. The predicted octanol–water partition coefficient (Wildman–Crippen LogP) is -0.589. The summed E-state index contributed by atoms with van der Waals surface area (Å²) in [5, 5.41) is 11.3. The molecule has 11 heteroatoms. The number of nitrogens with one attached hydrogen (secondary N) is 1. The lowest BCUT2D eigenvalue weighted by Gasteiger charge is -2.13. The van der Waals surface area contributed by atoms with Gasteiger partial charge in [-0.2, -0.15) is 8.42 Å². The second-order valence-corrected chi connectivity index (χ2v) is 5.47. The Morgan fingerprint density at radius 3 is 2.04 bits per heavy atom. The highest BCUT2D eigenvalue weighted by atomic mass is 32.3.